The Labute approximate surface area is 207 Å². The number of carbonyl (C=O) groups excluding carboxylic acids is 1. The average Bonchev–Trinajstić information content (AvgIpc) is 2.70. The topological polar surface area (TPSA) is 37.3 Å². The van der Waals surface area contributed by atoms with E-state index in [2.05, 4.69) is 63.7 Å². The Morgan fingerprint density at radius 2 is 1.38 bits per heavy atom. The standard InChI is InChI=1S/C22H14Br4O2S/c23-16-5-1-13(2-6-16)12-29-20(21(27)15-3-7-17(24)8-4-15)11-14-9-18(25)22(28)19(26)10-14/h1-11,28H,12H2/b20-11+. The number of benzene rings is 3. The van der Waals surface area contributed by atoms with E-state index in [-0.39, 0.29) is 11.5 Å². The van der Waals surface area contributed by atoms with Gasteiger partial charge >= 0.3 is 0 Å². The molecule has 0 bridgehead atoms. The van der Waals surface area contributed by atoms with Crippen molar-refractivity contribution < 1.29 is 9.90 Å². The minimum atomic E-state index is -0.0417. The van der Waals surface area contributed by atoms with Gasteiger partial charge in [0.2, 0.25) is 0 Å². The minimum Gasteiger partial charge on any atom is -0.506 e. The Kier molecular flexibility index (Phi) is 8.22. The van der Waals surface area contributed by atoms with Crippen molar-refractivity contribution in [3.05, 3.63) is 100 Å². The van der Waals surface area contributed by atoms with E-state index in [4.69, 9.17) is 0 Å². The van der Waals surface area contributed by atoms with Crippen molar-refractivity contribution in [2.24, 2.45) is 0 Å². The zero-order valence-corrected chi connectivity index (χ0v) is 22.0. The van der Waals surface area contributed by atoms with E-state index in [0.717, 1.165) is 20.1 Å². The van der Waals surface area contributed by atoms with E-state index in [1.165, 1.54) is 11.8 Å². The van der Waals surface area contributed by atoms with Crippen molar-refractivity contribution in [3.63, 3.8) is 0 Å². The van der Waals surface area contributed by atoms with Crippen molar-refractivity contribution in [2.45, 2.75) is 5.75 Å². The second kappa shape index (κ2) is 10.4. The number of thioether (sulfide) groups is 1. The predicted molar refractivity (Wildman–Crippen MR) is 135 cm³/mol. The van der Waals surface area contributed by atoms with Crippen LogP contribution in [0.4, 0.5) is 0 Å². The van der Waals surface area contributed by atoms with Crippen molar-refractivity contribution in [1.29, 1.82) is 0 Å². The molecule has 2 nitrogen and oxygen atoms in total. The smallest absolute Gasteiger partial charge is 0.199 e. The molecular weight excluding hydrogens is 648 g/mol. The number of ketones is 1. The maximum absolute atomic E-state index is 13.2. The number of phenolic OH excluding ortho intramolecular Hbond substituents is 1. The second-order valence-corrected chi connectivity index (χ2v) is 10.7. The molecule has 0 radical (unpaired) electrons. The van der Waals surface area contributed by atoms with Crippen LogP contribution in [0.2, 0.25) is 0 Å². The molecule has 3 aromatic rings. The summed E-state index contributed by atoms with van der Waals surface area (Å²) in [6.07, 6.45) is 1.85. The fourth-order valence-corrected chi connectivity index (χ4v) is 5.21. The molecule has 7 heteroatoms. The first-order valence-corrected chi connectivity index (χ1v) is 12.6. The third-order valence-corrected chi connectivity index (χ3v) is 7.33. The molecule has 0 saturated heterocycles. The first kappa shape index (κ1) is 22.8. The quantitative estimate of drug-likeness (QED) is 0.212. The molecule has 0 aliphatic rings. The van der Waals surface area contributed by atoms with Gasteiger partial charge in [0.25, 0.3) is 0 Å². The molecule has 0 spiro atoms. The van der Waals surface area contributed by atoms with Crippen LogP contribution in [0.3, 0.4) is 0 Å². The molecule has 0 atom stereocenters. The van der Waals surface area contributed by atoms with Crippen LogP contribution in [0.5, 0.6) is 5.75 Å². The van der Waals surface area contributed by atoms with Gasteiger partial charge in [-0.15, -0.1) is 11.8 Å². The lowest BCUT2D eigenvalue weighted by molar-refractivity contribution is 0.104. The Hall–Kier alpha value is -0.860. The number of allylic oxidation sites excluding steroid dienone is 1. The fraction of sp³-hybridized carbons (Fsp3) is 0.0455. The zero-order valence-electron chi connectivity index (χ0n) is 14.8. The number of carbonyl (C=O) groups is 1. The fourth-order valence-electron chi connectivity index (χ4n) is 2.48. The van der Waals surface area contributed by atoms with E-state index >= 15 is 0 Å². The molecule has 3 aromatic carbocycles. The number of hydrogen-bond acceptors (Lipinski definition) is 3. The van der Waals surface area contributed by atoms with Crippen LogP contribution in [0.25, 0.3) is 6.08 Å². The maximum Gasteiger partial charge on any atom is 0.199 e. The normalized spacial score (nSPS) is 11.5. The van der Waals surface area contributed by atoms with Gasteiger partial charge in [-0.1, -0.05) is 44.0 Å². The highest BCUT2D eigenvalue weighted by molar-refractivity contribution is 9.11. The third kappa shape index (κ3) is 6.31. The summed E-state index contributed by atoms with van der Waals surface area (Å²) >= 11 is 15.0. The highest BCUT2D eigenvalue weighted by Gasteiger charge is 2.15. The van der Waals surface area contributed by atoms with Crippen LogP contribution >= 0.6 is 75.5 Å². The molecule has 0 fully saturated rings. The molecular formula is C22H14Br4O2S. The van der Waals surface area contributed by atoms with E-state index in [9.17, 15) is 9.90 Å². The van der Waals surface area contributed by atoms with Gasteiger partial charge in [0.1, 0.15) is 5.75 Å². The zero-order chi connectivity index (χ0) is 21.0. The van der Waals surface area contributed by atoms with Crippen LogP contribution in [0.15, 0.2) is 83.5 Å². The van der Waals surface area contributed by atoms with Crippen LogP contribution < -0.4 is 0 Å². The van der Waals surface area contributed by atoms with Crippen LogP contribution in [0.1, 0.15) is 21.5 Å². The van der Waals surface area contributed by atoms with Gasteiger partial charge in [-0.25, -0.2) is 0 Å². The number of rotatable bonds is 6. The van der Waals surface area contributed by atoms with Crippen molar-refractivity contribution in [3.8, 4) is 5.75 Å². The number of halogens is 4. The molecule has 0 amide bonds. The van der Waals surface area contributed by atoms with Crippen LogP contribution in [-0.4, -0.2) is 10.9 Å². The lowest BCUT2D eigenvalue weighted by atomic mass is 10.1. The Bertz CT molecular complexity index is 1040. The Balaban J connectivity index is 1.94. The van der Waals surface area contributed by atoms with Crippen molar-refractivity contribution in [2.75, 3.05) is 0 Å². The van der Waals surface area contributed by atoms with Gasteiger partial charge in [0.05, 0.1) is 13.9 Å². The molecule has 1 N–H and O–H groups in total. The SMILES string of the molecule is O=C(/C(=C\c1cc(Br)c(O)c(Br)c1)SCc1ccc(Br)cc1)c1ccc(Br)cc1. The number of aromatic hydroxyl groups is 1. The summed E-state index contributed by atoms with van der Waals surface area (Å²) < 4.78 is 3.07. The second-order valence-electron chi connectivity index (χ2n) is 6.09. The first-order chi connectivity index (χ1) is 13.8. The first-order valence-electron chi connectivity index (χ1n) is 8.40. The Morgan fingerprint density at radius 1 is 0.862 bits per heavy atom. The molecule has 0 aliphatic heterocycles. The summed E-state index contributed by atoms with van der Waals surface area (Å²) in [6, 6.07) is 19.0. The maximum atomic E-state index is 13.2. The van der Waals surface area contributed by atoms with Crippen LogP contribution in [0, 0.1) is 0 Å². The molecule has 0 aliphatic carbocycles. The summed E-state index contributed by atoms with van der Waals surface area (Å²) in [5.41, 5.74) is 2.56. The van der Waals surface area contributed by atoms with E-state index < -0.39 is 0 Å². The number of Topliss-reactive ketones (excluding diaryl/α,β-unsaturated/α-hetero) is 1. The number of phenols is 1. The highest BCUT2D eigenvalue weighted by Crippen LogP contribution is 2.35. The largest absolute Gasteiger partial charge is 0.506 e. The van der Waals surface area contributed by atoms with Gasteiger partial charge in [-0.3, -0.25) is 4.79 Å². The molecule has 0 saturated carbocycles. The average molecular weight is 662 g/mol. The molecule has 0 heterocycles. The van der Waals surface area contributed by atoms with E-state index in [0.29, 0.717) is 25.2 Å². The summed E-state index contributed by atoms with van der Waals surface area (Å²) in [6.45, 7) is 0. The summed E-state index contributed by atoms with van der Waals surface area (Å²) in [4.78, 5) is 13.8. The molecule has 29 heavy (non-hydrogen) atoms. The Morgan fingerprint density at radius 3 is 1.93 bits per heavy atom. The van der Waals surface area contributed by atoms with Gasteiger partial charge in [0, 0.05) is 20.3 Å². The summed E-state index contributed by atoms with van der Waals surface area (Å²) in [5, 5.41) is 9.96. The van der Waals surface area contributed by atoms with Gasteiger partial charge < -0.3 is 5.11 Å². The van der Waals surface area contributed by atoms with E-state index in [1.54, 1.807) is 12.1 Å². The molecule has 0 aromatic heterocycles. The van der Waals surface area contributed by atoms with Gasteiger partial charge in [-0.05, 0) is 97.6 Å². The van der Waals surface area contributed by atoms with Gasteiger partial charge in [0.15, 0.2) is 5.78 Å². The summed E-state index contributed by atoms with van der Waals surface area (Å²) in [5.74, 6) is 0.757. The van der Waals surface area contributed by atoms with Crippen LogP contribution in [-0.2, 0) is 5.75 Å². The van der Waals surface area contributed by atoms with Crippen molar-refractivity contribution in [1.82, 2.24) is 0 Å². The van der Waals surface area contributed by atoms with E-state index in [1.807, 2.05) is 54.6 Å². The predicted octanol–water partition coefficient (Wildman–Crippen LogP) is 8.60. The number of hydrogen-bond donors (Lipinski definition) is 1. The highest BCUT2D eigenvalue weighted by atomic mass is 79.9. The van der Waals surface area contributed by atoms with Crippen molar-refractivity contribution >= 4 is 87.3 Å². The molecule has 3 rings (SSSR count). The summed E-state index contributed by atoms with van der Waals surface area (Å²) in [7, 11) is 0. The lowest BCUT2D eigenvalue weighted by Crippen LogP contribution is -2.01. The molecule has 0 unspecified atom stereocenters. The third-order valence-electron chi connectivity index (χ3n) is 3.97. The lowest BCUT2D eigenvalue weighted by Gasteiger charge is -2.09. The minimum absolute atomic E-state index is 0.0417. The van der Waals surface area contributed by atoms with Gasteiger partial charge in [-0.2, -0.15) is 0 Å². The monoisotopic (exact) mass is 658 g/mol. The molecule has 148 valence electrons.